The van der Waals surface area contributed by atoms with Crippen molar-refractivity contribution in [2.24, 2.45) is 24.8 Å². The van der Waals surface area contributed by atoms with Crippen LogP contribution in [0.2, 0.25) is 0 Å². The van der Waals surface area contributed by atoms with E-state index in [-0.39, 0.29) is 36.7 Å². The van der Waals surface area contributed by atoms with Gasteiger partial charge in [0.05, 0.1) is 18.3 Å². The number of nitrogens with zero attached hydrogens (tertiary/aromatic N) is 2. The van der Waals surface area contributed by atoms with Gasteiger partial charge >= 0.3 is 5.97 Å². The third-order valence-corrected chi connectivity index (χ3v) is 8.69. The molecule has 3 heterocycles. The lowest BCUT2D eigenvalue weighted by Gasteiger charge is -2.45. The van der Waals surface area contributed by atoms with Crippen LogP contribution in [0.4, 0.5) is 0 Å². The standard InChI is InChI=1S/C34H34N2O5/c1-3-25-26(19-30(37)28-18-24-16-10-11-17-27(24)35(28)2)31(34(39)41-20-22-12-6-4-7-13-22)32(38)36-29(21-40-33(25)36)23-14-8-5-9-15-23/h4-18,25-26,29,31,33H,3,19-21H2,1-2H3/t25-,26-,29-,31?,33+/m0/s1. The Hall–Kier alpha value is -4.23. The highest BCUT2D eigenvalue weighted by Crippen LogP contribution is 2.46. The van der Waals surface area contributed by atoms with Crippen LogP contribution < -0.4 is 0 Å². The van der Waals surface area contributed by atoms with Gasteiger partial charge in [0, 0.05) is 30.3 Å². The van der Waals surface area contributed by atoms with Gasteiger partial charge in [-0.1, -0.05) is 85.8 Å². The second-order valence-corrected chi connectivity index (χ2v) is 11.0. The van der Waals surface area contributed by atoms with E-state index in [1.165, 1.54) is 0 Å². The molecule has 0 N–H and O–H groups in total. The van der Waals surface area contributed by atoms with E-state index >= 15 is 0 Å². The fourth-order valence-corrected chi connectivity index (χ4v) is 6.61. The number of benzene rings is 3. The zero-order valence-electron chi connectivity index (χ0n) is 23.3. The average molecular weight is 551 g/mol. The van der Waals surface area contributed by atoms with E-state index in [4.69, 9.17) is 9.47 Å². The van der Waals surface area contributed by atoms with E-state index in [2.05, 4.69) is 0 Å². The summed E-state index contributed by atoms with van der Waals surface area (Å²) in [7, 11) is 1.87. The highest BCUT2D eigenvalue weighted by Gasteiger charge is 2.56. The molecule has 0 spiro atoms. The Morgan fingerprint density at radius 3 is 2.32 bits per heavy atom. The molecule has 0 radical (unpaired) electrons. The van der Waals surface area contributed by atoms with Crippen LogP contribution in [0, 0.1) is 17.8 Å². The minimum atomic E-state index is -1.11. The molecular formula is C34H34N2O5. The van der Waals surface area contributed by atoms with Crippen LogP contribution in [-0.2, 0) is 32.7 Å². The molecule has 2 saturated heterocycles. The third kappa shape index (κ3) is 4.95. The summed E-state index contributed by atoms with van der Waals surface area (Å²) in [5.74, 6) is -2.91. The van der Waals surface area contributed by atoms with Gasteiger partial charge in [0.15, 0.2) is 5.78 Å². The first-order valence-corrected chi connectivity index (χ1v) is 14.2. The summed E-state index contributed by atoms with van der Waals surface area (Å²) >= 11 is 0. The largest absolute Gasteiger partial charge is 0.460 e. The Labute approximate surface area is 239 Å². The molecule has 7 nitrogen and oxygen atoms in total. The molecule has 0 saturated carbocycles. The number of carbonyl (C=O) groups is 3. The maximum absolute atomic E-state index is 14.3. The van der Waals surface area contributed by atoms with Crippen molar-refractivity contribution in [2.45, 2.75) is 38.6 Å². The van der Waals surface area contributed by atoms with Gasteiger partial charge in [-0.3, -0.25) is 14.4 Å². The number of rotatable bonds is 8. The molecule has 2 aliphatic heterocycles. The predicted octanol–water partition coefficient (Wildman–Crippen LogP) is 5.69. The number of fused-ring (bicyclic) bond motifs is 2. The quantitative estimate of drug-likeness (QED) is 0.160. The first-order valence-electron chi connectivity index (χ1n) is 14.2. The average Bonchev–Trinajstić information content (AvgIpc) is 3.59. The summed E-state index contributed by atoms with van der Waals surface area (Å²) in [6.07, 6.45) is 0.176. The van der Waals surface area contributed by atoms with E-state index in [0.29, 0.717) is 18.7 Å². The third-order valence-electron chi connectivity index (χ3n) is 8.69. The Morgan fingerprint density at radius 2 is 1.61 bits per heavy atom. The summed E-state index contributed by atoms with van der Waals surface area (Å²) in [4.78, 5) is 43.6. The van der Waals surface area contributed by atoms with Crippen LogP contribution in [-0.4, -0.2) is 40.0 Å². The number of ether oxygens (including phenoxy) is 2. The van der Waals surface area contributed by atoms with Crippen LogP contribution in [0.5, 0.6) is 0 Å². The van der Waals surface area contributed by atoms with E-state index < -0.39 is 24.0 Å². The highest BCUT2D eigenvalue weighted by molar-refractivity contribution is 6.03. The number of ketones is 1. The molecule has 1 aromatic heterocycles. The topological polar surface area (TPSA) is 77.8 Å². The van der Waals surface area contributed by atoms with Gasteiger partial charge in [-0.25, -0.2) is 0 Å². The molecule has 210 valence electrons. The molecule has 1 amide bonds. The van der Waals surface area contributed by atoms with Gasteiger partial charge in [0.2, 0.25) is 5.91 Å². The van der Waals surface area contributed by atoms with Crippen molar-refractivity contribution in [1.29, 1.82) is 0 Å². The van der Waals surface area contributed by atoms with E-state index in [1.807, 2.05) is 110 Å². The van der Waals surface area contributed by atoms with Gasteiger partial charge in [0.1, 0.15) is 18.8 Å². The summed E-state index contributed by atoms with van der Waals surface area (Å²) in [6.45, 7) is 2.43. The van der Waals surface area contributed by atoms with E-state index in [9.17, 15) is 14.4 Å². The highest BCUT2D eigenvalue weighted by atomic mass is 16.5. The van der Waals surface area contributed by atoms with Crippen molar-refractivity contribution in [2.75, 3.05) is 6.61 Å². The van der Waals surface area contributed by atoms with Gasteiger partial charge < -0.3 is 18.9 Å². The summed E-state index contributed by atoms with van der Waals surface area (Å²) in [5.41, 5.74) is 3.31. The lowest BCUT2D eigenvalue weighted by atomic mass is 9.71. The number of Topliss-reactive ketones (excluding diaryl/α,β-unsaturated/α-hetero) is 1. The fraction of sp³-hybridized carbons (Fsp3) is 0.324. The summed E-state index contributed by atoms with van der Waals surface area (Å²) in [6, 6.07) is 28.6. The van der Waals surface area contributed by atoms with Crippen LogP contribution in [0.15, 0.2) is 91.0 Å². The van der Waals surface area contributed by atoms with E-state index in [0.717, 1.165) is 22.0 Å². The van der Waals surface area contributed by atoms with Gasteiger partial charge in [-0.15, -0.1) is 0 Å². The first-order chi connectivity index (χ1) is 20.0. The van der Waals surface area contributed by atoms with Crippen molar-refractivity contribution in [3.05, 3.63) is 108 Å². The number of aromatic nitrogens is 1. The predicted molar refractivity (Wildman–Crippen MR) is 155 cm³/mol. The Balaban J connectivity index is 1.34. The van der Waals surface area contributed by atoms with Crippen LogP contribution >= 0.6 is 0 Å². The molecule has 7 heteroatoms. The number of hydrogen-bond acceptors (Lipinski definition) is 5. The molecule has 0 aliphatic carbocycles. The minimum Gasteiger partial charge on any atom is -0.460 e. The van der Waals surface area contributed by atoms with E-state index in [1.54, 1.807) is 4.90 Å². The zero-order valence-corrected chi connectivity index (χ0v) is 23.3. The lowest BCUT2D eigenvalue weighted by Crippen LogP contribution is -2.57. The molecule has 3 aromatic carbocycles. The van der Waals surface area contributed by atoms with Gasteiger partial charge in [0.25, 0.3) is 0 Å². The maximum Gasteiger partial charge on any atom is 0.319 e. The second kappa shape index (κ2) is 11.3. The molecule has 0 bridgehead atoms. The van der Waals surface area contributed by atoms with Crippen molar-refractivity contribution in [3.8, 4) is 0 Å². The molecule has 41 heavy (non-hydrogen) atoms. The van der Waals surface area contributed by atoms with Crippen LogP contribution in [0.3, 0.4) is 0 Å². The molecule has 2 fully saturated rings. The molecule has 5 atom stereocenters. The SMILES string of the molecule is CC[C@H]1[C@H](CC(=O)c2cc3ccccc3n2C)C(C(=O)OCc2ccccc2)C(=O)N2[C@@H]1OC[C@H]2c1ccccc1. The van der Waals surface area contributed by atoms with Crippen LogP contribution in [0.1, 0.15) is 47.4 Å². The number of para-hydroxylation sites is 1. The van der Waals surface area contributed by atoms with Crippen molar-refractivity contribution in [1.82, 2.24) is 9.47 Å². The number of carbonyl (C=O) groups excluding carboxylic acids is 3. The van der Waals surface area contributed by atoms with Crippen LogP contribution in [0.25, 0.3) is 10.9 Å². The molecule has 1 unspecified atom stereocenters. The Morgan fingerprint density at radius 1 is 0.927 bits per heavy atom. The Kier molecular flexibility index (Phi) is 7.45. The molecule has 6 rings (SSSR count). The number of hydrogen-bond donors (Lipinski definition) is 0. The normalized spacial score (nSPS) is 23.9. The van der Waals surface area contributed by atoms with Crippen molar-refractivity contribution >= 4 is 28.6 Å². The Bertz CT molecular complexity index is 1560. The molecular weight excluding hydrogens is 516 g/mol. The molecule has 2 aliphatic rings. The summed E-state index contributed by atoms with van der Waals surface area (Å²) in [5, 5.41) is 0.972. The number of amides is 1. The zero-order chi connectivity index (χ0) is 28.5. The first kappa shape index (κ1) is 27.0. The minimum absolute atomic E-state index is 0.0449. The summed E-state index contributed by atoms with van der Waals surface area (Å²) < 4.78 is 13.9. The number of aryl methyl sites for hydroxylation is 1. The van der Waals surface area contributed by atoms with Gasteiger partial charge in [-0.05, 0) is 35.6 Å². The lowest BCUT2D eigenvalue weighted by molar-refractivity contribution is -0.176. The number of piperidine rings is 1. The fourth-order valence-electron chi connectivity index (χ4n) is 6.61. The molecule has 4 aromatic rings. The van der Waals surface area contributed by atoms with Gasteiger partial charge in [-0.2, -0.15) is 0 Å². The number of esters is 1. The maximum atomic E-state index is 14.3. The second-order valence-electron chi connectivity index (χ2n) is 11.0. The smallest absolute Gasteiger partial charge is 0.319 e. The van der Waals surface area contributed by atoms with Crippen molar-refractivity contribution < 1.29 is 23.9 Å². The van der Waals surface area contributed by atoms with Crippen molar-refractivity contribution in [3.63, 3.8) is 0 Å². The monoisotopic (exact) mass is 550 g/mol.